The highest BCUT2D eigenvalue weighted by molar-refractivity contribution is 5.94. The van der Waals surface area contributed by atoms with Crippen LogP contribution in [0.4, 0.5) is 0 Å². The van der Waals surface area contributed by atoms with Gasteiger partial charge in [0, 0.05) is 31.0 Å². The van der Waals surface area contributed by atoms with Gasteiger partial charge in [-0.2, -0.15) is 4.98 Å². The standard InChI is InChI=1S/C20H25N3O3/c1-14-21-19(22-26-14)20(13-15-6-7-15)8-10-23(11-9-20)18(24)16-4-3-5-17(12-16)25-2/h3-5,12,15H,6-11,13H2,1-2H3. The monoisotopic (exact) mass is 355 g/mol. The first-order valence-electron chi connectivity index (χ1n) is 9.34. The summed E-state index contributed by atoms with van der Waals surface area (Å²) in [6.07, 6.45) is 5.47. The van der Waals surface area contributed by atoms with E-state index in [4.69, 9.17) is 9.26 Å². The Morgan fingerprint density at radius 1 is 1.35 bits per heavy atom. The van der Waals surface area contributed by atoms with Crippen molar-refractivity contribution >= 4 is 5.91 Å². The number of amides is 1. The molecule has 1 amide bonds. The molecule has 0 spiro atoms. The molecule has 2 heterocycles. The van der Waals surface area contributed by atoms with Gasteiger partial charge in [-0.3, -0.25) is 4.79 Å². The van der Waals surface area contributed by atoms with Crippen LogP contribution in [0.1, 0.15) is 54.2 Å². The second kappa shape index (κ2) is 6.74. The fraction of sp³-hybridized carbons (Fsp3) is 0.550. The van der Waals surface area contributed by atoms with Gasteiger partial charge < -0.3 is 14.2 Å². The summed E-state index contributed by atoms with van der Waals surface area (Å²) in [4.78, 5) is 19.4. The minimum absolute atomic E-state index is 0.0515. The summed E-state index contributed by atoms with van der Waals surface area (Å²) in [6.45, 7) is 3.27. The van der Waals surface area contributed by atoms with Gasteiger partial charge in [-0.05, 0) is 43.4 Å². The van der Waals surface area contributed by atoms with Gasteiger partial charge in [-0.15, -0.1) is 0 Å². The number of hydrogen-bond acceptors (Lipinski definition) is 5. The van der Waals surface area contributed by atoms with Gasteiger partial charge in [-0.1, -0.05) is 24.1 Å². The lowest BCUT2D eigenvalue weighted by Gasteiger charge is -2.40. The Hall–Kier alpha value is -2.37. The van der Waals surface area contributed by atoms with E-state index in [2.05, 4.69) is 10.1 Å². The Bertz CT molecular complexity index is 789. The number of piperidine rings is 1. The number of benzene rings is 1. The van der Waals surface area contributed by atoms with Crippen LogP contribution in [0.15, 0.2) is 28.8 Å². The van der Waals surface area contributed by atoms with Crippen molar-refractivity contribution in [2.75, 3.05) is 20.2 Å². The fourth-order valence-corrected chi connectivity index (χ4v) is 3.98. The van der Waals surface area contributed by atoms with E-state index in [1.54, 1.807) is 13.2 Å². The highest BCUT2D eigenvalue weighted by Crippen LogP contribution is 2.46. The zero-order valence-corrected chi connectivity index (χ0v) is 15.4. The molecule has 138 valence electrons. The number of ether oxygens (including phenoxy) is 1. The summed E-state index contributed by atoms with van der Waals surface area (Å²) >= 11 is 0. The number of aryl methyl sites for hydroxylation is 1. The van der Waals surface area contributed by atoms with Crippen molar-refractivity contribution in [2.45, 2.75) is 44.4 Å². The molecule has 1 aliphatic heterocycles. The third kappa shape index (κ3) is 3.32. The van der Waals surface area contributed by atoms with Crippen LogP contribution in [-0.2, 0) is 5.41 Å². The predicted octanol–water partition coefficient (Wildman–Crippen LogP) is 3.36. The third-order valence-electron chi connectivity index (χ3n) is 5.70. The lowest BCUT2D eigenvalue weighted by Crippen LogP contribution is -2.46. The summed E-state index contributed by atoms with van der Waals surface area (Å²) in [5.74, 6) is 2.99. The molecule has 6 heteroatoms. The summed E-state index contributed by atoms with van der Waals surface area (Å²) < 4.78 is 10.5. The molecule has 2 aromatic rings. The van der Waals surface area contributed by atoms with Crippen molar-refractivity contribution in [1.29, 1.82) is 0 Å². The normalized spacial score (nSPS) is 19.4. The Balaban J connectivity index is 1.49. The number of nitrogens with zero attached hydrogens (tertiary/aromatic N) is 3. The molecule has 6 nitrogen and oxygen atoms in total. The van der Waals surface area contributed by atoms with Crippen molar-refractivity contribution in [1.82, 2.24) is 15.0 Å². The number of methoxy groups -OCH3 is 1. The Morgan fingerprint density at radius 2 is 2.12 bits per heavy atom. The Kier molecular flexibility index (Phi) is 4.42. The Labute approximate surface area is 153 Å². The first kappa shape index (κ1) is 17.1. The first-order chi connectivity index (χ1) is 12.6. The number of rotatable bonds is 5. The molecule has 26 heavy (non-hydrogen) atoms. The molecule has 0 unspecified atom stereocenters. The minimum Gasteiger partial charge on any atom is -0.497 e. The molecule has 1 saturated carbocycles. The van der Waals surface area contributed by atoms with Gasteiger partial charge in [0.25, 0.3) is 5.91 Å². The lowest BCUT2D eigenvalue weighted by atomic mass is 9.73. The molecule has 1 aliphatic carbocycles. The second-order valence-electron chi connectivity index (χ2n) is 7.59. The third-order valence-corrected chi connectivity index (χ3v) is 5.70. The lowest BCUT2D eigenvalue weighted by molar-refractivity contribution is 0.0645. The van der Waals surface area contributed by atoms with Crippen LogP contribution in [0, 0.1) is 12.8 Å². The van der Waals surface area contributed by atoms with E-state index < -0.39 is 0 Å². The molecule has 0 radical (unpaired) electrons. The van der Waals surface area contributed by atoms with Crippen LogP contribution < -0.4 is 4.74 Å². The highest BCUT2D eigenvalue weighted by Gasteiger charge is 2.44. The maximum absolute atomic E-state index is 12.9. The van der Waals surface area contributed by atoms with Crippen molar-refractivity contribution < 1.29 is 14.1 Å². The largest absolute Gasteiger partial charge is 0.497 e. The SMILES string of the molecule is COc1cccc(C(=O)N2CCC(CC3CC3)(c3noc(C)n3)CC2)c1. The average molecular weight is 355 g/mol. The van der Waals surface area contributed by atoms with Gasteiger partial charge in [-0.25, -0.2) is 0 Å². The molecule has 4 rings (SSSR count). The molecule has 1 aromatic carbocycles. The number of carbonyl (C=O) groups is 1. The van der Waals surface area contributed by atoms with Crippen LogP contribution in [0.2, 0.25) is 0 Å². The van der Waals surface area contributed by atoms with E-state index in [0.29, 0.717) is 17.2 Å². The first-order valence-corrected chi connectivity index (χ1v) is 9.34. The minimum atomic E-state index is -0.0515. The molecule has 1 saturated heterocycles. The summed E-state index contributed by atoms with van der Waals surface area (Å²) in [5, 5.41) is 4.24. The van der Waals surface area contributed by atoms with Gasteiger partial charge in [0.15, 0.2) is 5.82 Å². The van der Waals surface area contributed by atoms with Crippen molar-refractivity contribution in [3.63, 3.8) is 0 Å². The molecular weight excluding hydrogens is 330 g/mol. The van der Waals surface area contributed by atoms with Crippen LogP contribution in [-0.4, -0.2) is 41.1 Å². The average Bonchev–Trinajstić information content (AvgIpc) is 3.38. The maximum Gasteiger partial charge on any atom is 0.253 e. The molecule has 2 aliphatic rings. The molecular formula is C20H25N3O3. The van der Waals surface area contributed by atoms with Crippen LogP contribution in [0.25, 0.3) is 0 Å². The molecule has 0 N–H and O–H groups in total. The zero-order chi connectivity index (χ0) is 18.1. The second-order valence-corrected chi connectivity index (χ2v) is 7.59. The molecule has 0 bridgehead atoms. The van der Waals surface area contributed by atoms with E-state index >= 15 is 0 Å². The van der Waals surface area contributed by atoms with E-state index in [9.17, 15) is 4.79 Å². The van der Waals surface area contributed by atoms with Gasteiger partial charge >= 0.3 is 0 Å². The molecule has 2 fully saturated rings. The number of likely N-dealkylation sites (tertiary alicyclic amines) is 1. The molecule has 1 aromatic heterocycles. The van der Waals surface area contributed by atoms with Crippen molar-refractivity contribution in [3.05, 3.63) is 41.5 Å². The van der Waals surface area contributed by atoms with Crippen LogP contribution in [0.5, 0.6) is 5.75 Å². The quantitative estimate of drug-likeness (QED) is 0.823. The van der Waals surface area contributed by atoms with E-state index in [-0.39, 0.29) is 11.3 Å². The number of hydrogen-bond donors (Lipinski definition) is 0. The summed E-state index contributed by atoms with van der Waals surface area (Å²) in [7, 11) is 1.61. The van der Waals surface area contributed by atoms with Gasteiger partial charge in [0.1, 0.15) is 5.75 Å². The fourth-order valence-electron chi connectivity index (χ4n) is 3.98. The predicted molar refractivity (Wildman–Crippen MR) is 96.2 cm³/mol. The van der Waals surface area contributed by atoms with Crippen LogP contribution in [0.3, 0.4) is 0 Å². The number of carbonyl (C=O) groups excluding carboxylic acids is 1. The van der Waals surface area contributed by atoms with Crippen LogP contribution >= 0.6 is 0 Å². The van der Waals surface area contributed by atoms with E-state index in [1.807, 2.05) is 30.0 Å². The summed E-state index contributed by atoms with van der Waals surface area (Å²) in [6, 6.07) is 7.36. The molecule has 0 atom stereocenters. The topological polar surface area (TPSA) is 68.5 Å². The zero-order valence-electron chi connectivity index (χ0n) is 15.4. The van der Waals surface area contributed by atoms with Gasteiger partial charge in [0.2, 0.25) is 5.89 Å². The highest BCUT2D eigenvalue weighted by atomic mass is 16.5. The van der Waals surface area contributed by atoms with Gasteiger partial charge in [0.05, 0.1) is 7.11 Å². The maximum atomic E-state index is 12.9. The van der Waals surface area contributed by atoms with E-state index in [1.165, 1.54) is 12.8 Å². The summed E-state index contributed by atoms with van der Waals surface area (Å²) in [5.41, 5.74) is 0.624. The van der Waals surface area contributed by atoms with Crippen molar-refractivity contribution in [3.8, 4) is 5.75 Å². The Morgan fingerprint density at radius 3 is 2.73 bits per heavy atom. The van der Waals surface area contributed by atoms with E-state index in [0.717, 1.165) is 44.1 Å². The smallest absolute Gasteiger partial charge is 0.253 e. The number of aromatic nitrogens is 2. The van der Waals surface area contributed by atoms with Crippen molar-refractivity contribution in [2.24, 2.45) is 5.92 Å².